The summed E-state index contributed by atoms with van der Waals surface area (Å²) >= 11 is 0. The van der Waals surface area contributed by atoms with Gasteiger partial charge < -0.3 is 4.74 Å². The van der Waals surface area contributed by atoms with Gasteiger partial charge >= 0.3 is 0 Å². The molecule has 0 aliphatic carbocycles. The molecule has 0 atom stereocenters. The molecule has 15 heavy (non-hydrogen) atoms. The molecule has 0 aromatic heterocycles. The lowest BCUT2D eigenvalue weighted by molar-refractivity contribution is 0.285. The van der Waals surface area contributed by atoms with Gasteiger partial charge in [0.05, 0.1) is 13.7 Å². The van der Waals surface area contributed by atoms with E-state index in [4.69, 9.17) is 4.74 Å². The second kappa shape index (κ2) is 5.17. The first-order chi connectivity index (χ1) is 7.38. The van der Waals surface area contributed by atoms with Crippen LogP contribution in [0, 0.1) is 6.54 Å². The molecule has 2 nitrogen and oxygen atoms in total. The van der Waals surface area contributed by atoms with E-state index in [9.17, 15) is 0 Å². The van der Waals surface area contributed by atoms with E-state index >= 15 is 0 Å². The maximum atomic E-state index is 5.12. The molecular formula is C13H17NO. The summed E-state index contributed by atoms with van der Waals surface area (Å²) in [4.78, 5) is 2.28. The Balaban J connectivity index is 1.91. The van der Waals surface area contributed by atoms with Gasteiger partial charge in [-0.05, 0) is 43.6 Å². The molecule has 0 unspecified atom stereocenters. The molecule has 2 heteroatoms. The molecule has 1 heterocycles. The van der Waals surface area contributed by atoms with Crippen molar-refractivity contribution in [3.63, 3.8) is 0 Å². The first-order valence-electron chi connectivity index (χ1n) is 5.54. The Bertz CT molecular complexity index is 288. The zero-order valence-electron chi connectivity index (χ0n) is 9.20. The first-order valence-corrected chi connectivity index (χ1v) is 5.54. The minimum Gasteiger partial charge on any atom is -0.497 e. The fraction of sp³-hybridized carbons (Fsp3) is 0.462. The third kappa shape index (κ3) is 2.96. The van der Waals surface area contributed by atoms with E-state index in [-0.39, 0.29) is 0 Å². The molecule has 1 fully saturated rings. The Morgan fingerprint density at radius 2 is 1.73 bits per heavy atom. The summed E-state index contributed by atoms with van der Waals surface area (Å²) < 4.78 is 5.12. The van der Waals surface area contributed by atoms with Gasteiger partial charge in [0.15, 0.2) is 0 Å². The van der Waals surface area contributed by atoms with Crippen LogP contribution in [0.3, 0.4) is 0 Å². The lowest BCUT2D eigenvalue weighted by Gasteiger charge is -2.25. The van der Waals surface area contributed by atoms with Crippen LogP contribution in [0.25, 0.3) is 0 Å². The number of hydrogen-bond donors (Lipinski definition) is 0. The van der Waals surface area contributed by atoms with E-state index in [0.717, 1.165) is 24.4 Å². The number of likely N-dealkylation sites (tertiary alicyclic amines) is 1. The van der Waals surface area contributed by atoms with Crippen molar-refractivity contribution in [3.05, 3.63) is 36.4 Å². The molecule has 2 radical (unpaired) electrons. The Labute approximate surface area is 91.9 Å². The van der Waals surface area contributed by atoms with Crippen molar-refractivity contribution in [2.75, 3.05) is 20.2 Å². The van der Waals surface area contributed by atoms with E-state index in [1.165, 1.54) is 19.3 Å². The summed E-state index contributed by atoms with van der Waals surface area (Å²) in [6, 6.07) is 8.05. The third-order valence-electron chi connectivity index (χ3n) is 2.73. The highest BCUT2D eigenvalue weighted by molar-refractivity contribution is 5.30. The van der Waals surface area contributed by atoms with Crippen molar-refractivity contribution in [2.24, 2.45) is 0 Å². The van der Waals surface area contributed by atoms with Crippen LogP contribution in [0.2, 0.25) is 0 Å². The molecule has 0 amide bonds. The molecule has 0 N–H and O–H groups in total. The normalized spacial score (nSPS) is 17.7. The summed E-state index contributed by atoms with van der Waals surface area (Å²) in [5.74, 6) is 0.902. The highest BCUT2D eigenvalue weighted by atomic mass is 16.5. The van der Waals surface area contributed by atoms with Crippen LogP contribution in [-0.2, 0) is 0 Å². The van der Waals surface area contributed by atoms with Gasteiger partial charge in [-0.15, -0.1) is 0 Å². The number of ether oxygens (including phenoxy) is 1. The molecule has 0 saturated carbocycles. The van der Waals surface area contributed by atoms with Crippen LogP contribution in [0.5, 0.6) is 5.75 Å². The van der Waals surface area contributed by atoms with Gasteiger partial charge in [0.1, 0.15) is 5.75 Å². The second-order valence-corrected chi connectivity index (χ2v) is 3.89. The van der Waals surface area contributed by atoms with Crippen LogP contribution >= 0.6 is 0 Å². The van der Waals surface area contributed by atoms with Crippen LogP contribution in [0.15, 0.2) is 24.3 Å². The van der Waals surface area contributed by atoms with Crippen molar-refractivity contribution in [1.82, 2.24) is 4.90 Å². The average molecular weight is 203 g/mol. The van der Waals surface area contributed by atoms with Crippen LogP contribution in [0.1, 0.15) is 24.8 Å². The van der Waals surface area contributed by atoms with Gasteiger partial charge in [-0.25, -0.2) is 0 Å². The van der Waals surface area contributed by atoms with Gasteiger partial charge in [-0.1, -0.05) is 18.6 Å². The summed E-state index contributed by atoms with van der Waals surface area (Å²) in [6.45, 7) is 5.70. The van der Waals surface area contributed by atoms with Crippen LogP contribution < -0.4 is 4.74 Å². The number of methoxy groups -OCH3 is 1. The molecule has 1 aliphatic heterocycles. The van der Waals surface area contributed by atoms with E-state index in [1.54, 1.807) is 7.11 Å². The van der Waals surface area contributed by atoms with E-state index in [2.05, 4.69) is 11.4 Å². The van der Waals surface area contributed by atoms with Crippen molar-refractivity contribution in [3.8, 4) is 5.75 Å². The minimum atomic E-state index is 0.902. The highest BCUT2D eigenvalue weighted by Gasteiger charge is 2.11. The molecule has 80 valence electrons. The predicted octanol–water partition coefficient (Wildman–Crippen LogP) is 2.57. The third-order valence-corrected chi connectivity index (χ3v) is 2.73. The zero-order valence-corrected chi connectivity index (χ0v) is 9.20. The second-order valence-electron chi connectivity index (χ2n) is 3.89. The monoisotopic (exact) mass is 203 g/mol. The molecule has 1 aromatic rings. The zero-order chi connectivity index (χ0) is 10.5. The molecule has 0 spiro atoms. The molecule has 1 saturated heterocycles. The smallest absolute Gasteiger partial charge is 0.118 e. The molecule has 1 aliphatic rings. The number of benzene rings is 1. The number of piperidine rings is 1. The number of nitrogens with zero attached hydrogens (tertiary/aromatic N) is 1. The Kier molecular flexibility index (Phi) is 3.62. The van der Waals surface area contributed by atoms with Gasteiger partial charge in [-0.2, -0.15) is 0 Å². The first kappa shape index (κ1) is 10.5. The van der Waals surface area contributed by atoms with Gasteiger partial charge in [0.25, 0.3) is 0 Å². The summed E-state index contributed by atoms with van der Waals surface area (Å²) in [7, 11) is 1.69. The Hall–Kier alpha value is -1.02. The van der Waals surface area contributed by atoms with Gasteiger partial charge in [0, 0.05) is 0 Å². The SMILES string of the molecule is COc1ccc([C]N2CCCCC2)cc1. The van der Waals surface area contributed by atoms with E-state index in [0.29, 0.717) is 0 Å². The van der Waals surface area contributed by atoms with Crippen LogP contribution in [-0.4, -0.2) is 25.1 Å². The van der Waals surface area contributed by atoms with E-state index < -0.39 is 0 Å². The van der Waals surface area contributed by atoms with Crippen molar-refractivity contribution >= 4 is 0 Å². The summed E-state index contributed by atoms with van der Waals surface area (Å²) in [5, 5.41) is 0. The maximum Gasteiger partial charge on any atom is 0.118 e. The predicted molar refractivity (Wildman–Crippen MR) is 60.8 cm³/mol. The molecule has 0 bridgehead atoms. The van der Waals surface area contributed by atoms with Gasteiger partial charge in [0.2, 0.25) is 0 Å². The lowest BCUT2D eigenvalue weighted by atomic mass is 10.1. The largest absolute Gasteiger partial charge is 0.497 e. The number of hydrogen-bond acceptors (Lipinski definition) is 2. The maximum absolute atomic E-state index is 5.12. The molecule has 1 aromatic carbocycles. The van der Waals surface area contributed by atoms with Crippen LogP contribution in [0.4, 0.5) is 0 Å². The highest BCUT2D eigenvalue weighted by Crippen LogP contribution is 2.17. The van der Waals surface area contributed by atoms with Gasteiger partial charge in [-0.3, -0.25) is 4.90 Å². The minimum absolute atomic E-state index is 0.902. The Morgan fingerprint density at radius 1 is 1.07 bits per heavy atom. The number of rotatable bonds is 3. The molecular weight excluding hydrogens is 186 g/mol. The summed E-state index contributed by atoms with van der Waals surface area (Å²) in [6.07, 6.45) is 3.95. The fourth-order valence-corrected chi connectivity index (χ4v) is 1.85. The van der Waals surface area contributed by atoms with E-state index in [1.807, 2.05) is 24.3 Å². The van der Waals surface area contributed by atoms with Crippen molar-refractivity contribution in [1.29, 1.82) is 0 Å². The van der Waals surface area contributed by atoms with Crippen molar-refractivity contribution in [2.45, 2.75) is 19.3 Å². The topological polar surface area (TPSA) is 12.5 Å². The molecule has 2 rings (SSSR count). The fourth-order valence-electron chi connectivity index (χ4n) is 1.85. The quantitative estimate of drug-likeness (QED) is 0.748. The average Bonchev–Trinajstić information content (AvgIpc) is 2.31. The lowest BCUT2D eigenvalue weighted by Crippen LogP contribution is -2.27. The Morgan fingerprint density at radius 3 is 2.33 bits per heavy atom. The van der Waals surface area contributed by atoms with Crippen molar-refractivity contribution < 1.29 is 4.74 Å². The summed E-state index contributed by atoms with van der Waals surface area (Å²) in [5.41, 5.74) is 1.14. The standard InChI is InChI=1S/C13H17NO/c1-15-13-7-5-12(6-8-13)11-14-9-3-2-4-10-14/h5-8H,2-4,9-10H2,1H3.